The molecule has 1 aliphatic heterocycles. The maximum Gasteiger partial charge on any atom is 0.0360 e. The highest BCUT2D eigenvalue weighted by Crippen LogP contribution is 2.29. The summed E-state index contributed by atoms with van der Waals surface area (Å²) >= 11 is 0. The second kappa shape index (κ2) is 5.70. The summed E-state index contributed by atoms with van der Waals surface area (Å²) in [5.41, 5.74) is 1.36. The van der Waals surface area contributed by atoms with E-state index in [2.05, 4.69) is 23.0 Å². The van der Waals surface area contributed by atoms with Gasteiger partial charge in [0, 0.05) is 18.4 Å². The van der Waals surface area contributed by atoms with Crippen LogP contribution < -0.4 is 6.15 Å². The van der Waals surface area contributed by atoms with Crippen LogP contribution in [0.15, 0.2) is 24.5 Å². The number of hydrogen-bond donors (Lipinski definition) is 1. The number of rotatable bonds is 1. The van der Waals surface area contributed by atoms with Gasteiger partial charge in [-0.15, -0.1) is 0 Å². The van der Waals surface area contributed by atoms with E-state index in [0.717, 1.165) is 0 Å². The summed E-state index contributed by atoms with van der Waals surface area (Å²) in [6, 6.07) is 4.79. The molecule has 0 saturated carbocycles. The van der Waals surface area contributed by atoms with Crippen molar-refractivity contribution < 1.29 is 5.48 Å². The van der Waals surface area contributed by atoms with Gasteiger partial charge in [-0.1, -0.05) is 6.07 Å². The average molecular weight is 197 g/mol. The zero-order valence-corrected chi connectivity index (χ0v) is 8.61. The van der Waals surface area contributed by atoms with Crippen LogP contribution in [0.1, 0.15) is 24.4 Å². The van der Waals surface area contributed by atoms with Crippen molar-refractivity contribution in [2.45, 2.75) is 18.9 Å². The molecule has 1 aromatic heterocycles. The molecule has 0 amide bonds. The molecule has 0 aliphatic carbocycles. The lowest BCUT2D eigenvalue weighted by Crippen LogP contribution is -2.17. The van der Waals surface area contributed by atoms with Gasteiger partial charge in [-0.25, -0.2) is 0 Å². The number of hydrogen-bond acceptors (Lipinski definition) is 3. The van der Waals surface area contributed by atoms with Gasteiger partial charge in [-0.2, -0.15) is 0 Å². The molecule has 1 aromatic rings. The normalized spacial score (nSPS) is 21.1. The summed E-state index contributed by atoms with van der Waals surface area (Å²) in [4.78, 5) is 6.54. The van der Waals surface area contributed by atoms with E-state index in [1.165, 1.54) is 24.9 Å². The van der Waals surface area contributed by atoms with Crippen molar-refractivity contribution in [1.82, 2.24) is 16.0 Å². The lowest BCUT2D eigenvalue weighted by Gasteiger charge is -2.18. The molecule has 2 heterocycles. The van der Waals surface area contributed by atoms with E-state index in [-0.39, 0.29) is 11.6 Å². The largest absolute Gasteiger partial charge is 0.412 e. The Morgan fingerprint density at radius 3 is 2.79 bits per heavy atom. The minimum atomic E-state index is 0. The zero-order chi connectivity index (χ0) is 8.39. The standard InChI is InChI=1S/C10H14N2.H3N.H2O/c1-12-7-3-5-10(12)9-4-2-6-11-8-9;;/h2,4,6,8,10H,3,5,7H2,1H3;1H3;1H2. The summed E-state index contributed by atoms with van der Waals surface area (Å²) in [5.74, 6) is 0. The quantitative estimate of drug-likeness (QED) is 0.734. The van der Waals surface area contributed by atoms with Gasteiger partial charge in [0.1, 0.15) is 0 Å². The van der Waals surface area contributed by atoms with Crippen LogP contribution in [-0.2, 0) is 0 Å². The first-order chi connectivity index (χ1) is 5.88. The van der Waals surface area contributed by atoms with Crippen molar-refractivity contribution in [2.75, 3.05) is 13.6 Å². The average Bonchev–Trinajstić information content (AvgIpc) is 2.53. The lowest BCUT2D eigenvalue weighted by molar-refractivity contribution is 0.317. The second-order valence-electron chi connectivity index (χ2n) is 3.42. The molecule has 1 saturated heterocycles. The van der Waals surface area contributed by atoms with Crippen LogP contribution in [0.25, 0.3) is 0 Å². The van der Waals surface area contributed by atoms with Crippen molar-refractivity contribution in [3.8, 4) is 0 Å². The van der Waals surface area contributed by atoms with E-state index in [1.54, 1.807) is 0 Å². The number of likely N-dealkylation sites (tertiary alicyclic amines) is 1. The number of pyridine rings is 1. The fraction of sp³-hybridized carbons (Fsp3) is 0.500. The van der Waals surface area contributed by atoms with Gasteiger partial charge in [0.25, 0.3) is 0 Å². The molecule has 0 aromatic carbocycles. The van der Waals surface area contributed by atoms with Crippen LogP contribution >= 0.6 is 0 Å². The first-order valence-electron chi connectivity index (χ1n) is 4.48. The molecule has 1 fully saturated rings. The van der Waals surface area contributed by atoms with E-state index in [1.807, 2.05) is 18.5 Å². The Labute approximate surface area is 84.8 Å². The third kappa shape index (κ3) is 2.51. The topological polar surface area (TPSA) is 82.6 Å². The summed E-state index contributed by atoms with van der Waals surface area (Å²) in [6.45, 7) is 1.22. The predicted octanol–water partition coefficient (Wildman–Crippen LogP) is 1.19. The van der Waals surface area contributed by atoms with Gasteiger partial charge in [0.05, 0.1) is 0 Å². The van der Waals surface area contributed by atoms with E-state index < -0.39 is 0 Å². The van der Waals surface area contributed by atoms with Crippen molar-refractivity contribution in [3.63, 3.8) is 0 Å². The Morgan fingerprint density at radius 1 is 1.50 bits per heavy atom. The molecule has 2 rings (SSSR count). The van der Waals surface area contributed by atoms with E-state index >= 15 is 0 Å². The van der Waals surface area contributed by atoms with Crippen LogP contribution in [0, 0.1) is 0 Å². The SMILES string of the molecule is CN1CCCC1c1cccnc1.N.O. The summed E-state index contributed by atoms with van der Waals surface area (Å²) in [5, 5.41) is 0. The first kappa shape index (κ1) is 13.0. The van der Waals surface area contributed by atoms with Crippen LogP contribution in [0.4, 0.5) is 0 Å². The first-order valence-corrected chi connectivity index (χ1v) is 4.48. The van der Waals surface area contributed by atoms with Crippen molar-refractivity contribution in [1.29, 1.82) is 0 Å². The maximum atomic E-state index is 4.14. The van der Waals surface area contributed by atoms with Crippen LogP contribution in [0.3, 0.4) is 0 Å². The highest BCUT2D eigenvalue weighted by atomic mass is 16.0. The van der Waals surface area contributed by atoms with Crippen molar-refractivity contribution in [2.24, 2.45) is 0 Å². The second-order valence-corrected chi connectivity index (χ2v) is 3.42. The smallest absolute Gasteiger partial charge is 0.0360 e. The van der Waals surface area contributed by atoms with Gasteiger partial charge >= 0.3 is 0 Å². The minimum Gasteiger partial charge on any atom is -0.412 e. The molecule has 1 atom stereocenters. The Hall–Kier alpha value is -0.970. The maximum absolute atomic E-state index is 4.14. The molecule has 14 heavy (non-hydrogen) atoms. The van der Waals surface area contributed by atoms with Gasteiger partial charge in [0.15, 0.2) is 0 Å². The highest BCUT2D eigenvalue weighted by Gasteiger charge is 2.21. The van der Waals surface area contributed by atoms with Crippen molar-refractivity contribution in [3.05, 3.63) is 30.1 Å². The van der Waals surface area contributed by atoms with E-state index in [0.29, 0.717) is 6.04 Å². The predicted molar refractivity (Wildman–Crippen MR) is 57.5 cm³/mol. The molecule has 5 N–H and O–H groups in total. The fourth-order valence-electron chi connectivity index (χ4n) is 1.90. The molecule has 0 bridgehead atoms. The number of aromatic nitrogens is 1. The highest BCUT2D eigenvalue weighted by molar-refractivity contribution is 5.14. The van der Waals surface area contributed by atoms with Gasteiger partial charge in [0.2, 0.25) is 0 Å². The molecule has 1 aliphatic rings. The molecule has 80 valence electrons. The Morgan fingerprint density at radius 2 is 2.29 bits per heavy atom. The molecular formula is C10H19N3O. The minimum absolute atomic E-state index is 0. The molecule has 4 nitrogen and oxygen atoms in total. The van der Waals surface area contributed by atoms with Crippen LogP contribution in [0.2, 0.25) is 0 Å². The molecule has 0 spiro atoms. The summed E-state index contributed by atoms with van der Waals surface area (Å²) in [6.07, 6.45) is 6.41. The Bertz CT molecular complexity index is 253. The third-order valence-electron chi connectivity index (χ3n) is 2.59. The Kier molecular flexibility index (Phi) is 5.30. The lowest BCUT2D eigenvalue weighted by atomic mass is 10.1. The molecule has 0 radical (unpaired) electrons. The fourth-order valence-corrected chi connectivity index (χ4v) is 1.90. The number of nitrogens with zero attached hydrogens (tertiary/aromatic N) is 2. The van der Waals surface area contributed by atoms with Crippen molar-refractivity contribution >= 4 is 0 Å². The Balaban J connectivity index is 0.000000845. The monoisotopic (exact) mass is 197 g/mol. The summed E-state index contributed by atoms with van der Waals surface area (Å²) in [7, 11) is 2.19. The van der Waals surface area contributed by atoms with Gasteiger partial charge in [-0.05, 0) is 38.1 Å². The van der Waals surface area contributed by atoms with Gasteiger partial charge < -0.3 is 11.6 Å². The molecular weight excluding hydrogens is 178 g/mol. The third-order valence-corrected chi connectivity index (χ3v) is 2.59. The van der Waals surface area contributed by atoms with E-state index in [9.17, 15) is 0 Å². The molecule has 1 unspecified atom stereocenters. The van der Waals surface area contributed by atoms with E-state index in [4.69, 9.17) is 0 Å². The molecule has 4 heteroatoms. The van der Waals surface area contributed by atoms with Crippen LogP contribution in [-0.4, -0.2) is 29.0 Å². The summed E-state index contributed by atoms with van der Waals surface area (Å²) < 4.78 is 0. The zero-order valence-electron chi connectivity index (χ0n) is 8.61. The van der Waals surface area contributed by atoms with Gasteiger partial charge in [-0.3, -0.25) is 9.88 Å². The van der Waals surface area contributed by atoms with Crippen LogP contribution in [0.5, 0.6) is 0 Å².